The van der Waals surface area contributed by atoms with Crippen LogP contribution in [-0.4, -0.2) is 71.6 Å². The first-order valence-electron chi connectivity index (χ1n) is 15.3. The smallest absolute Gasteiger partial charge is 0.213 e. The molecule has 2 aliphatic heterocycles. The summed E-state index contributed by atoms with van der Waals surface area (Å²) in [4.78, 5) is 18.7. The van der Waals surface area contributed by atoms with Crippen molar-refractivity contribution in [2.24, 2.45) is 0 Å². The number of phenols is 1. The third-order valence-corrected chi connectivity index (χ3v) is 11.2. The van der Waals surface area contributed by atoms with E-state index in [0.29, 0.717) is 52.0 Å². The maximum absolute atomic E-state index is 13.3. The van der Waals surface area contributed by atoms with Crippen molar-refractivity contribution in [1.29, 1.82) is 0 Å². The van der Waals surface area contributed by atoms with E-state index in [0.717, 1.165) is 48.4 Å². The number of ether oxygens (including phenoxy) is 1. The minimum atomic E-state index is -3.63. The number of thiazole rings is 1. The van der Waals surface area contributed by atoms with Gasteiger partial charge in [0.1, 0.15) is 22.0 Å². The van der Waals surface area contributed by atoms with E-state index in [9.17, 15) is 13.5 Å². The van der Waals surface area contributed by atoms with E-state index in [-0.39, 0.29) is 10.6 Å². The van der Waals surface area contributed by atoms with E-state index < -0.39 is 9.84 Å². The molecule has 2 aromatic carbocycles. The van der Waals surface area contributed by atoms with Crippen molar-refractivity contribution in [2.45, 2.75) is 49.4 Å². The minimum absolute atomic E-state index is 0.166. The van der Waals surface area contributed by atoms with Gasteiger partial charge in [0.2, 0.25) is 5.88 Å². The predicted molar refractivity (Wildman–Crippen MR) is 177 cm³/mol. The Morgan fingerprint density at radius 3 is 2.22 bits per heavy atom. The lowest BCUT2D eigenvalue weighted by atomic mass is 10.0. The van der Waals surface area contributed by atoms with Gasteiger partial charge >= 0.3 is 0 Å². The van der Waals surface area contributed by atoms with Crippen LogP contribution >= 0.6 is 11.3 Å². The van der Waals surface area contributed by atoms with Gasteiger partial charge in [-0.3, -0.25) is 9.80 Å². The van der Waals surface area contributed by atoms with Crippen LogP contribution in [0.1, 0.15) is 41.8 Å². The van der Waals surface area contributed by atoms with E-state index in [1.54, 1.807) is 43.0 Å². The monoisotopic (exact) mass is 644 g/mol. The number of nitrogens with zero attached hydrogens (tertiary/aromatic N) is 5. The van der Waals surface area contributed by atoms with Gasteiger partial charge in [-0.1, -0.05) is 0 Å². The molecule has 0 atom stereocenters. The molecule has 5 heterocycles. The van der Waals surface area contributed by atoms with Crippen LogP contribution in [0.3, 0.4) is 0 Å². The van der Waals surface area contributed by atoms with Crippen LogP contribution < -0.4 is 10.1 Å². The van der Waals surface area contributed by atoms with E-state index in [2.05, 4.69) is 20.1 Å². The summed E-state index contributed by atoms with van der Waals surface area (Å²) in [6.45, 7) is 5.45. The number of aromatic nitrogens is 3. The minimum Gasteiger partial charge on any atom is -0.507 e. The number of methoxy groups -OCH3 is 1. The van der Waals surface area contributed by atoms with Gasteiger partial charge in [0.15, 0.2) is 9.84 Å². The molecule has 0 spiro atoms. The van der Waals surface area contributed by atoms with E-state index in [4.69, 9.17) is 14.7 Å². The van der Waals surface area contributed by atoms with Gasteiger partial charge in [-0.25, -0.2) is 23.4 Å². The Kier molecular flexibility index (Phi) is 8.30. The highest BCUT2D eigenvalue weighted by atomic mass is 32.2. The molecule has 2 saturated heterocycles. The fraction of sp³-hybridized carbons (Fsp3) is 0.364. The number of rotatable bonds is 10. The van der Waals surface area contributed by atoms with Crippen LogP contribution in [0.4, 0.5) is 11.4 Å². The maximum atomic E-state index is 13.3. The quantitative estimate of drug-likeness (QED) is 0.141. The molecule has 10 nitrogen and oxygen atoms in total. The summed E-state index contributed by atoms with van der Waals surface area (Å²) in [5.41, 5.74) is 5.05. The largest absolute Gasteiger partial charge is 0.507 e. The molecular formula is C33H36N6O4S2. The summed E-state index contributed by atoms with van der Waals surface area (Å²) in [6.07, 6.45) is 6.29. The van der Waals surface area contributed by atoms with E-state index in [1.807, 2.05) is 18.2 Å². The first-order chi connectivity index (χ1) is 21.9. The Morgan fingerprint density at radius 2 is 1.60 bits per heavy atom. The highest BCUT2D eigenvalue weighted by Crippen LogP contribution is 2.37. The molecule has 3 aromatic heterocycles. The van der Waals surface area contributed by atoms with Gasteiger partial charge in [0, 0.05) is 52.9 Å². The Bertz CT molecular complexity index is 1910. The summed E-state index contributed by atoms with van der Waals surface area (Å²) in [7, 11) is -2.06. The molecular weight excluding hydrogens is 609 g/mol. The zero-order valence-corrected chi connectivity index (χ0v) is 26.8. The molecule has 7 rings (SSSR count). The molecule has 0 saturated carbocycles. The number of fused-ring (bicyclic) bond motifs is 2. The fourth-order valence-corrected chi connectivity index (χ4v) is 8.64. The maximum Gasteiger partial charge on any atom is 0.213 e. The summed E-state index contributed by atoms with van der Waals surface area (Å²) >= 11 is 1.32. The number of aromatic hydroxyl groups is 1. The molecule has 0 radical (unpaired) electrons. The number of anilines is 2. The highest BCUT2D eigenvalue weighted by Gasteiger charge is 2.22. The van der Waals surface area contributed by atoms with Crippen LogP contribution in [0.15, 0.2) is 58.9 Å². The van der Waals surface area contributed by atoms with Gasteiger partial charge in [0.05, 0.1) is 28.7 Å². The third kappa shape index (κ3) is 6.32. The van der Waals surface area contributed by atoms with Crippen molar-refractivity contribution in [3.8, 4) is 11.6 Å². The van der Waals surface area contributed by atoms with Crippen molar-refractivity contribution >= 4 is 54.5 Å². The molecule has 2 fully saturated rings. The molecule has 2 N–H and O–H groups in total. The molecule has 45 heavy (non-hydrogen) atoms. The molecule has 0 bridgehead atoms. The molecule has 12 heteroatoms. The van der Waals surface area contributed by atoms with Gasteiger partial charge in [0.25, 0.3) is 0 Å². The fourth-order valence-electron chi connectivity index (χ4n) is 6.37. The van der Waals surface area contributed by atoms with Crippen LogP contribution in [0.2, 0.25) is 0 Å². The van der Waals surface area contributed by atoms with Crippen LogP contribution in [0.25, 0.3) is 21.9 Å². The Balaban J connectivity index is 1.33. The normalized spacial score (nSPS) is 16.2. The highest BCUT2D eigenvalue weighted by molar-refractivity contribution is 7.90. The van der Waals surface area contributed by atoms with Crippen LogP contribution in [-0.2, 0) is 28.7 Å². The number of sulfone groups is 1. The lowest BCUT2D eigenvalue weighted by Crippen LogP contribution is -2.20. The molecule has 0 amide bonds. The van der Waals surface area contributed by atoms with Crippen molar-refractivity contribution in [2.75, 3.05) is 38.6 Å². The summed E-state index contributed by atoms with van der Waals surface area (Å²) < 4.78 is 32.1. The molecule has 5 aromatic rings. The summed E-state index contributed by atoms with van der Waals surface area (Å²) in [5, 5.41) is 18.1. The number of benzene rings is 2. The topological polar surface area (TPSA) is 121 Å². The van der Waals surface area contributed by atoms with Gasteiger partial charge in [-0.15, -0.1) is 11.3 Å². The summed E-state index contributed by atoms with van der Waals surface area (Å²) in [6, 6.07) is 12.7. The first kappa shape index (κ1) is 29.8. The van der Waals surface area contributed by atoms with Crippen LogP contribution in [0.5, 0.6) is 11.6 Å². The molecule has 0 aliphatic carbocycles. The average Bonchev–Trinajstić information content (AvgIpc) is 3.84. The van der Waals surface area contributed by atoms with Gasteiger partial charge < -0.3 is 15.2 Å². The zero-order chi connectivity index (χ0) is 31.0. The Hall–Kier alpha value is -3.84. The standard InChI is InChI=1S/C33H36N6O4S2/c1-43-29-9-8-27-32(37-29)31(26-7-6-25(18-28(26)36-27)45(41,42)21-30-34-10-15-44-30)35-24-16-22(19-38-11-2-3-12-38)33(40)23(17-24)20-39-13-4-5-14-39/h6-10,15-18,40H,2-5,11-14,19-21H2,1H3,(H,35,36). The third-order valence-electron chi connectivity index (χ3n) is 8.65. The van der Waals surface area contributed by atoms with Crippen molar-refractivity contribution in [3.05, 3.63) is 70.2 Å². The number of hydrogen-bond donors (Lipinski definition) is 2. The second kappa shape index (κ2) is 12.5. The number of pyridine rings is 2. The lowest BCUT2D eigenvalue weighted by molar-refractivity contribution is 0.312. The van der Waals surface area contributed by atoms with Crippen molar-refractivity contribution < 1.29 is 18.3 Å². The SMILES string of the molecule is COc1ccc2nc3cc(S(=O)(=O)Cc4nccs4)ccc3c(Nc3cc(CN4CCCC4)c(O)c(CN4CCCC4)c3)c2n1. The number of phenolic OH excluding ortho intramolecular Hbond substituents is 1. The Morgan fingerprint density at radius 1 is 0.911 bits per heavy atom. The van der Waals surface area contributed by atoms with E-state index in [1.165, 1.54) is 37.0 Å². The number of hydrogen-bond acceptors (Lipinski definition) is 11. The van der Waals surface area contributed by atoms with Crippen LogP contribution in [0, 0.1) is 0 Å². The van der Waals surface area contributed by atoms with E-state index >= 15 is 0 Å². The molecule has 234 valence electrons. The van der Waals surface area contributed by atoms with Gasteiger partial charge in [-0.05, 0) is 88.3 Å². The summed E-state index contributed by atoms with van der Waals surface area (Å²) in [5.74, 6) is 0.643. The Labute approximate surface area is 266 Å². The van der Waals surface area contributed by atoms with Gasteiger partial charge in [-0.2, -0.15) is 0 Å². The number of likely N-dealkylation sites (tertiary alicyclic amines) is 2. The first-order valence-corrected chi connectivity index (χ1v) is 17.9. The average molecular weight is 645 g/mol. The molecule has 0 unspecified atom stereocenters. The lowest BCUT2D eigenvalue weighted by Gasteiger charge is -2.22. The zero-order valence-electron chi connectivity index (χ0n) is 25.2. The number of nitrogens with one attached hydrogen (secondary N) is 1. The second-order valence-electron chi connectivity index (χ2n) is 11.8. The van der Waals surface area contributed by atoms with Crippen molar-refractivity contribution in [3.63, 3.8) is 0 Å². The molecule has 2 aliphatic rings. The van der Waals surface area contributed by atoms with Crippen molar-refractivity contribution in [1.82, 2.24) is 24.8 Å². The predicted octanol–water partition coefficient (Wildman–Crippen LogP) is 5.86. The second-order valence-corrected chi connectivity index (χ2v) is 14.8.